The van der Waals surface area contributed by atoms with Crippen LogP contribution in [0.3, 0.4) is 0 Å². The van der Waals surface area contributed by atoms with Gasteiger partial charge in [-0.3, -0.25) is 4.79 Å². The van der Waals surface area contributed by atoms with E-state index in [1.54, 1.807) is 0 Å². The van der Waals surface area contributed by atoms with Crippen LogP contribution >= 0.6 is 11.6 Å². The van der Waals surface area contributed by atoms with Gasteiger partial charge >= 0.3 is 0 Å². The summed E-state index contributed by atoms with van der Waals surface area (Å²) in [5, 5.41) is 0. The van der Waals surface area contributed by atoms with Crippen LogP contribution < -0.4 is 0 Å². The predicted octanol–water partition coefficient (Wildman–Crippen LogP) is 3.20. The van der Waals surface area contributed by atoms with Crippen LogP contribution in [0.4, 0.5) is 0 Å². The zero-order chi connectivity index (χ0) is 12.5. The van der Waals surface area contributed by atoms with E-state index in [0.717, 1.165) is 12.8 Å². The summed E-state index contributed by atoms with van der Waals surface area (Å²) in [5.74, 6) is 0.815. The summed E-state index contributed by atoms with van der Waals surface area (Å²) in [5.41, 5.74) is 1.01. The molecule has 0 aromatic heterocycles. The Labute approximate surface area is 113 Å². The summed E-state index contributed by atoms with van der Waals surface area (Å²) in [4.78, 5) is 14.0. The normalized spacial score (nSPS) is 28.5. The van der Waals surface area contributed by atoms with E-state index in [2.05, 4.69) is 12.1 Å². The van der Waals surface area contributed by atoms with Crippen molar-refractivity contribution in [3.63, 3.8) is 0 Å². The number of carbonyl (C=O) groups is 1. The van der Waals surface area contributed by atoms with Crippen molar-refractivity contribution in [1.82, 2.24) is 4.90 Å². The van der Waals surface area contributed by atoms with Gasteiger partial charge in [0.2, 0.25) is 5.91 Å². The highest BCUT2D eigenvalue weighted by molar-refractivity contribution is 6.21. The van der Waals surface area contributed by atoms with Crippen LogP contribution in [-0.4, -0.2) is 22.3 Å². The first-order valence-corrected chi connectivity index (χ1v) is 7.18. The maximum absolute atomic E-state index is 12.1. The summed E-state index contributed by atoms with van der Waals surface area (Å²) < 4.78 is 0. The molecule has 18 heavy (non-hydrogen) atoms. The molecular formula is C15H18ClNO. The van der Waals surface area contributed by atoms with Crippen molar-refractivity contribution in [1.29, 1.82) is 0 Å². The number of amides is 1. The van der Waals surface area contributed by atoms with Gasteiger partial charge in [0.25, 0.3) is 0 Å². The van der Waals surface area contributed by atoms with E-state index in [-0.39, 0.29) is 11.4 Å². The molecule has 1 aliphatic carbocycles. The van der Waals surface area contributed by atoms with Gasteiger partial charge in [-0.1, -0.05) is 48.4 Å². The molecule has 1 aliphatic heterocycles. The fraction of sp³-hybridized carbons (Fsp3) is 0.533. The van der Waals surface area contributed by atoms with Crippen molar-refractivity contribution in [2.75, 3.05) is 0 Å². The smallest absolute Gasteiger partial charge is 0.224 e. The van der Waals surface area contributed by atoms with Gasteiger partial charge in [-0.25, -0.2) is 0 Å². The largest absolute Gasteiger partial charge is 0.323 e. The molecule has 1 aromatic rings. The van der Waals surface area contributed by atoms with Gasteiger partial charge in [0.15, 0.2) is 0 Å². The highest BCUT2D eigenvalue weighted by Crippen LogP contribution is 2.40. The molecule has 1 heterocycles. The van der Waals surface area contributed by atoms with Crippen molar-refractivity contribution < 1.29 is 4.79 Å². The lowest BCUT2D eigenvalue weighted by Crippen LogP contribution is -2.40. The molecule has 3 heteroatoms. The minimum absolute atomic E-state index is 0.187. The van der Waals surface area contributed by atoms with Crippen molar-refractivity contribution in [3.05, 3.63) is 35.9 Å². The zero-order valence-corrected chi connectivity index (χ0v) is 11.1. The molecule has 3 rings (SSSR count). The first-order chi connectivity index (χ1) is 8.75. The molecule has 0 radical (unpaired) electrons. The Bertz CT molecular complexity index is 433. The second-order valence-electron chi connectivity index (χ2n) is 5.39. The van der Waals surface area contributed by atoms with Gasteiger partial charge < -0.3 is 4.90 Å². The summed E-state index contributed by atoms with van der Waals surface area (Å²) in [6.45, 7) is 0. The Morgan fingerprint density at radius 3 is 2.83 bits per heavy atom. The number of benzene rings is 1. The average molecular weight is 264 g/mol. The monoisotopic (exact) mass is 263 g/mol. The van der Waals surface area contributed by atoms with Gasteiger partial charge in [0, 0.05) is 18.9 Å². The van der Waals surface area contributed by atoms with E-state index >= 15 is 0 Å². The number of rotatable bonds is 3. The molecule has 3 atom stereocenters. The minimum Gasteiger partial charge on any atom is -0.323 e. The van der Waals surface area contributed by atoms with Crippen LogP contribution in [-0.2, 0) is 11.2 Å². The lowest BCUT2D eigenvalue weighted by atomic mass is 10.0. The van der Waals surface area contributed by atoms with Crippen LogP contribution in [0.1, 0.15) is 31.2 Å². The van der Waals surface area contributed by atoms with Crippen molar-refractivity contribution in [2.24, 2.45) is 5.92 Å². The summed E-state index contributed by atoms with van der Waals surface area (Å²) in [7, 11) is 0. The van der Waals surface area contributed by atoms with E-state index < -0.39 is 0 Å². The van der Waals surface area contributed by atoms with Crippen LogP contribution in [0.25, 0.3) is 0 Å². The zero-order valence-electron chi connectivity index (χ0n) is 10.4. The fourth-order valence-corrected chi connectivity index (χ4v) is 3.84. The van der Waals surface area contributed by atoms with Gasteiger partial charge in [0.05, 0.1) is 0 Å². The minimum atomic E-state index is -0.187. The van der Waals surface area contributed by atoms with Crippen molar-refractivity contribution >= 4 is 17.5 Å². The number of likely N-dealkylation sites (tertiary alicyclic amines) is 1. The van der Waals surface area contributed by atoms with E-state index in [1.807, 2.05) is 23.1 Å². The highest BCUT2D eigenvalue weighted by atomic mass is 35.5. The van der Waals surface area contributed by atoms with Gasteiger partial charge in [0.1, 0.15) is 5.50 Å². The molecule has 1 saturated carbocycles. The number of hydrogen-bond donors (Lipinski definition) is 0. The maximum atomic E-state index is 12.1. The third-order valence-electron chi connectivity index (χ3n) is 4.25. The average Bonchev–Trinajstić information content (AvgIpc) is 2.89. The van der Waals surface area contributed by atoms with Crippen LogP contribution in [0.2, 0.25) is 0 Å². The Morgan fingerprint density at radius 2 is 2.06 bits per heavy atom. The van der Waals surface area contributed by atoms with Gasteiger partial charge in [-0.05, 0) is 24.3 Å². The number of halogens is 1. The number of fused-ring (bicyclic) bond motifs is 1. The molecule has 1 aromatic carbocycles. The second-order valence-corrected chi connectivity index (χ2v) is 5.89. The van der Waals surface area contributed by atoms with E-state index in [1.165, 1.54) is 18.4 Å². The molecular weight excluding hydrogens is 246 g/mol. The lowest BCUT2D eigenvalue weighted by molar-refractivity contribution is -0.129. The number of alkyl halides is 1. The molecule has 1 saturated heterocycles. The SMILES string of the molecule is O=C1C[C@H]2CCC[C@H]2N1[C@H](Cl)Cc1ccccc1. The third kappa shape index (κ3) is 2.14. The Hall–Kier alpha value is -1.02. The standard InChI is InChI=1S/C15H18ClNO/c16-14(9-11-5-2-1-3-6-11)17-13-8-4-7-12(13)10-15(17)18/h1-3,5-6,12-14H,4,7-10H2/t12-,13-,14+/m1/s1. The Balaban J connectivity index is 1.72. The summed E-state index contributed by atoms with van der Waals surface area (Å²) in [6.07, 6.45) is 5.03. The topological polar surface area (TPSA) is 20.3 Å². The summed E-state index contributed by atoms with van der Waals surface area (Å²) in [6, 6.07) is 10.6. The van der Waals surface area contributed by atoms with Gasteiger partial charge in [-0.2, -0.15) is 0 Å². The first kappa shape index (κ1) is 12.0. The summed E-state index contributed by atoms with van der Waals surface area (Å²) >= 11 is 6.49. The number of carbonyl (C=O) groups excluding carboxylic acids is 1. The third-order valence-corrected chi connectivity index (χ3v) is 4.61. The Morgan fingerprint density at radius 1 is 1.28 bits per heavy atom. The van der Waals surface area contributed by atoms with Crippen molar-refractivity contribution in [2.45, 2.75) is 43.6 Å². The molecule has 2 nitrogen and oxygen atoms in total. The molecule has 0 unspecified atom stereocenters. The van der Waals surface area contributed by atoms with E-state index in [0.29, 0.717) is 18.4 Å². The fourth-order valence-electron chi connectivity index (χ4n) is 3.41. The molecule has 1 amide bonds. The van der Waals surface area contributed by atoms with E-state index in [4.69, 9.17) is 11.6 Å². The quantitative estimate of drug-likeness (QED) is 0.606. The van der Waals surface area contributed by atoms with Crippen molar-refractivity contribution in [3.8, 4) is 0 Å². The lowest BCUT2D eigenvalue weighted by Gasteiger charge is -2.29. The molecule has 2 aliphatic rings. The molecule has 0 spiro atoms. The predicted molar refractivity (Wildman–Crippen MR) is 72.4 cm³/mol. The van der Waals surface area contributed by atoms with Crippen LogP contribution in [0.15, 0.2) is 30.3 Å². The number of nitrogens with zero attached hydrogens (tertiary/aromatic N) is 1. The van der Waals surface area contributed by atoms with E-state index in [9.17, 15) is 4.79 Å². The maximum Gasteiger partial charge on any atom is 0.224 e. The highest BCUT2D eigenvalue weighted by Gasteiger charge is 2.44. The van der Waals surface area contributed by atoms with Crippen LogP contribution in [0, 0.1) is 5.92 Å². The number of hydrogen-bond acceptors (Lipinski definition) is 1. The molecule has 0 bridgehead atoms. The van der Waals surface area contributed by atoms with Crippen LogP contribution in [0.5, 0.6) is 0 Å². The Kier molecular flexibility index (Phi) is 3.29. The molecule has 2 fully saturated rings. The molecule has 0 N–H and O–H groups in total. The second kappa shape index (κ2) is 4.93. The van der Waals surface area contributed by atoms with Gasteiger partial charge in [-0.15, -0.1) is 0 Å². The first-order valence-electron chi connectivity index (χ1n) is 6.75. The molecule has 96 valence electrons.